The van der Waals surface area contributed by atoms with Gasteiger partial charge in [-0.1, -0.05) is 19.1 Å². The van der Waals surface area contributed by atoms with Gasteiger partial charge in [-0.25, -0.2) is 4.68 Å². The van der Waals surface area contributed by atoms with Gasteiger partial charge >= 0.3 is 0 Å². The Bertz CT molecular complexity index is 446. The van der Waals surface area contributed by atoms with Crippen molar-refractivity contribution < 1.29 is 0 Å². The summed E-state index contributed by atoms with van der Waals surface area (Å²) in [5.74, 6) is 0.465. The normalized spacial score (nSPS) is 35.4. The number of nitriles is 1. The molecule has 0 saturated heterocycles. The van der Waals surface area contributed by atoms with Crippen LogP contribution in [-0.4, -0.2) is 15.0 Å². The lowest BCUT2D eigenvalue weighted by Crippen LogP contribution is -2.62. The molecule has 4 heteroatoms. The molecule has 3 aliphatic rings. The maximum absolute atomic E-state index is 8.98. The zero-order valence-corrected chi connectivity index (χ0v) is 9.77. The van der Waals surface area contributed by atoms with Crippen LogP contribution in [0.1, 0.15) is 44.7 Å². The van der Waals surface area contributed by atoms with Crippen molar-refractivity contribution in [3.05, 3.63) is 11.9 Å². The first-order chi connectivity index (χ1) is 7.58. The van der Waals surface area contributed by atoms with Crippen LogP contribution < -0.4 is 0 Å². The van der Waals surface area contributed by atoms with E-state index in [1.165, 1.54) is 5.69 Å². The zero-order valence-electron chi connectivity index (χ0n) is 9.77. The molecule has 0 unspecified atom stereocenters. The summed E-state index contributed by atoms with van der Waals surface area (Å²) in [6.45, 7) is 5.27. The second-order valence-electron chi connectivity index (χ2n) is 5.89. The molecule has 3 aliphatic carbocycles. The van der Waals surface area contributed by atoms with E-state index in [2.05, 4.69) is 30.2 Å². The second-order valence-corrected chi connectivity index (χ2v) is 5.89. The molecule has 0 spiro atoms. The van der Waals surface area contributed by atoms with E-state index in [9.17, 15) is 0 Å². The fraction of sp³-hybridized carbons (Fsp3) is 0.750. The Kier molecular flexibility index (Phi) is 1.75. The van der Waals surface area contributed by atoms with Gasteiger partial charge in [-0.2, -0.15) is 5.26 Å². The predicted octanol–water partition coefficient (Wildman–Crippen LogP) is 2.10. The van der Waals surface area contributed by atoms with Crippen LogP contribution in [0.25, 0.3) is 0 Å². The van der Waals surface area contributed by atoms with Crippen molar-refractivity contribution in [3.63, 3.8) is 0 Å². The summed E-state index contributed by atoms with van der Waals surface area (Å²) < 4.78 is 2.03. The van der Waals surface area contributed by atoms with Gasteiger partial charge in [-0.3, -0.25) is 0 Å². The fourth-order valence-corrected chi connectivity index (χ4v) is 3.44. The summed E-state index contributed by atoms with van der Waals surface area (Å²) in [7, 11) is 0. The lowest BCUT2D eigenvalue weighted by Gasteiger charge is -2.67. The Balaban J connectivity index is 1.73. The molecule has 0 aromatic carbocycles. The summed E-state index contributed by atoms with van der Waals surface area (Å²) in [5, 5.41) is 17.1. The molecular formula is C12H16N4. The van der Waals surface area contributed by atoms with E-state index < -0.39 is 0 Å². The fourth-order valence-electron chi connectivity index (χ4n) is 3.44. The lowest BCUT2D eigenvalue weighted by atomic mass is 9.36. The van der Waals surface area contributed by atoms with Gasteiger partial charge in [0.05, 0.1) is 23.4 Å². The van der Waals surface area contributed by atoms with E-state index in [0.29, 0.717) is 11.3 Å². The van der Waals surface area contributed by atoms with Crippen LogP contribution in [0.5, 0.6) is 0 Å². The van der Waals surface area contributed by atoms with Crippen LogP contribution in [0, 0.1) is 22.2 Å². The van der Waals surface area contributed by atoms with E-state index in [4.69, 9.17) is 5.26 Å². The molecule has 1 aromatic rings. The van der Waals surface area contributed by atoms with Gasteiger partial charge in [0.25, 0.3) is 0 Å². The highest BCUT2D eigenvalue weighted by Crippen LogP contribution is 2.73. The quantitative estimate of drug-likeness (QED) is 0.777. The Labute approximate surface area is 95.3 Å². The largest absolute Gasteiger partial charge is 0.249 e. The Morgan fingerprint density at radius 2 is 2.19 bits per heavy atom. The van der Waals surface area contributed by atoms with Gasteiger partial charge < -0.3 is 0 Å². The van der Waals surface area contributed by atoms with Crippen LogP contribution >= 0.6 is 0 Å². The highest BCUT2D eigenvalue weighted by atomic mass is 15.4. The third-order valence-corrected chi connectivity index (χ3v) is 4.10. The van der Waals surface area contributed by atoms with Crippen LogP contribution in [0.3, 0.4) is 0 Å². The first kappa shape index (κ1) is 9.83. The molecular weight excluding hydrogens is 200 g/mol. The standard InChI is InChI=1S/C12H16N4/c1-9(2)10-3-14-15-16(10)8-12-4-11(5-12,6-12)7-13/h3,9H,4-6,8H2,1-2H3. The predicted molar refractivity (Wildman–Crippen MR) is 58.4 cm³/mol. The number of hydrogen-bond acceptors (Lipinski definition) is 3. The van der Waals surface area contributed by atoms with Crippen molar-refractivity contribution in [2.75, 3.05) is 0 Å². The SMILES string of the molecule is CC(C)c1cnnn1CC12CC(C#N)(C1)C2. The van der Waals surface area contributed by atoms with E-state index in [0.717, 1.165) is 25.8 Å². The third kappa shape index (κ3) is 1.14. The first-order valence-corrected chi connectivity index (χ1v) is 5.88. The van der Waals surface area contributed by atoms with Crippen LogP contribution in [0.4, 0.5) is 0 Å². The van der Waals surface area contributed by atoms with Crippen molar-refractivity contribution in [3.8, 4) is 6.07 Å². The molecule has 1 aromatic heterocycles. The molecule has 0 amide bonds. The summed E-state index contributed by atoms with van der Waals surface area (Å²) in [5.41, 5.74) is 1.61. The van der Waals surface area contributed by atoms with E-state index in [1.807, 2.05) is 10.9 Å². The average molecular weight is 216 g/mol. The second kappa shape index (κ2) is 2.85. The third-order valence-electron chi connectivity index (χ3n) is 4.10. The van der Waals surface area contributed by atoms with Crippen molar-refractivity contribution in [2.45, 2.75) is 45.6 Å². The molecule has 84 valence electrons. The molecule has 1 heterocycles. The molecule has 4 rings (SSSR count). The Morgan fingerprint density at radius 1 is 1.50 bits per heavy atom. The van der Waals surface area contributed by atoms with Gasteiger partial charge in [-0.15, -0.1) is 5.10 Å². The number of aromatic nitrogens is 3. The molecule has 4 nitrogen and oxygen atoms in total. The topological polar surface area (TPSA) is 54.5 Å². The van der Waals surface area contributed by atoms with Crippen LogP contribution in [0.15, 0.2) is 6.20 Å². The monoisotopic (exact) mass is 216 g/mol. The molecule has 0 radical (unpaired) electrons. The first-order valence-electron chi connectivity index (χ1n) is 5.88. The maximum atomic E-state index is 8.98. The minimum Gasteiger partial charge on any atom is -0.249 e. The molecule has 0 N–H and O–H groups in total. The van der Waals surface area contributed by atoms with Crippen molar-refractivity contribution in [1.29, 1.82) is 5.26 Å². The highest BCUT2D eigenvalue weighted by molar-refractivity contribution is 5.25. The van der Waals surface area contributed by atoms with Gasteiger partial charge in [0, 0.05) is 6.54 Å². The van der Waals surface area contributed by atoms with Gasteiger partial charge in [-0.05, 0) is 30.6 Å². The van der Waals surface area contributed by atoms with Crippen molar-refractivity contribution in [2.24, 2.45) is 10.8 Å². The molecule has 16 heavy (non-hydrogen) atoms. The zero-order chi connectivity index (χ0) is 11.4. The minimum atomic E-state index is 0.0403. The summed E-state index contributed by atoms with van der Waals surface area (Å²) in [6, 6.07) is 2.44. The highest BCUT2D eigenvalue weighted by Gasteiger charge is 2.68. The van der Waals surface area contributed by atoms with E-state index in [1.54, 1.807) is 0 Å². The van der Waals surface area contributed by atoms with Crippen LogP contribution in [0.2, 0.25) is 0 Å². The molecule has 3 fully saturated rings. The van der Waals surface area contributed by atoms with Crippen LogP contribution in [-0.2, 0) is 6.54 Å². The molecule has 2 bridgehead atoms. The number of rotatable bonds is 3. The average Bonchev–Trinajstić information content (AvgIpc) is 2.56. The van der Waals surface area contributed by atoms with E-state index in [-0.39, 0.29) is 5.41 Å². The maximum Gasteiger partial charge on any atom is 0.0727 e. The van der Waals surface area contributed by atoms with Gasteiger partial charge in [0.2, 0.25) is 0 Å². The Hall–Kier alpha value is -1.37. The van der Waals surface area contributed by atoms with Gasteiger partial charge in [0.15, 0.2) is 0 Å². The molecule has 0 atom stereocenters. The number of nitrogens with zero attached hydrogens (tertiary/aromatic N) is 4. The van der Waals surface area contributed by atoms with E-state index >= 15 is 0 Å². The lowest BCUT2D eigenvalue weighted by molar-refractivity contribution is -0.174. The smallest absolute Gasteiger partial charge is 0.0727 e. The molecule has 3 saturated carbocycles. The van der Waals surface area contributed by atoms with Crippen molar-refractivity contribution >= 4 is 0 Å². The van der Waals surface area contributed by atoms with Gasteiger partial charge in [0.1, 0.15) is 0 Å². The summed E-state index contributed by atoms with van der Waals surface area (Å²) in [4.78, 5) is 0. The molecule has 0 aliphatic heterocycles. The Morgan fingerprint density at radius 3 is 2.75 bits per heavy atom. The summed E-state index contributed by atoms with van der Waals surface area (Å²) >= 11 is 0. The number of hydrogen-bond donors (Lipinski definition) is 0. The van der Waals surface area contributed by atoms with Crippen molar-refractivity contribution in [1.82, 2.24) is 15.0 Å². The summed E-state index contributed by atoms with van der Waals surface area (Å²) in [6.07, 6.45) is 5.05. The minimum absolute atomic E-state index is 0.0403.